The normalized spacial score (nSPS) is 10.9. The minimum Gasteiger partial charge on any atom is -0.368 e. The van der Waals surface area contributed by atoms with Crippen molar-refractivity contribution in [3.05, 3.63) is 60.2 Å². The average Bonchev–Trinajstić information content (AvgIpc) is 3.17. The third kappa shape index (κ3) is 4.38. The van der Waals surface area contributed by atoms with Crippen molar-refractivity contribution in [2.24, 2.45) is 0 Å². The first-order valence-electron chi connectivity index (χ1n) is 9.43. The van der Waals surface area contributed by atoms with Crippen LogP contribution in [0, 0.1) is 6.92 Å². The maximum atomic E-state index is 5.91. The number of hydrogen-bond donors (Lipinski definition) is 2. The molecular formula is C20H21N9S. The predicted octanol–water partition coefficient (Wildman–Crippen LogP) is 3.47. The number of benzene rings is 1. The summed E-state index contributed by atoms with van der Waals surface area (Å²) >= 11 is 1.50. The number of rotatable bonds is 7. The molecule has 0 saturated heterocycles. The van der Waals surface area contributed by atoms with E-state index in [9.17, 15) is 0 Å². The number of anilines is 3. The van der Waals surface area contributed by atoms with Crippen LogP contribution in [0.15, 0.2) is 53.9 Å². The number of aromatic nitrogens is 7. The van der Waals surface area contributed by atoms with Crippen molar-refractivity contribution in [1.29, 1.82) is 0 Å². The third-order valence-corrected chi connectivity index (χ3v) is 5.36. The van der Waals surface area contributed by atoms with E-state index in [1.807, 2.05) is 43.3 Å². The van der Waals surface area contributed by atoms with Crippen molar-refractivity contribution in [3.63, 3.8) is 0 Å². The van der Waals surface area contributed by atoms with Crippen molar-refractivity contribution in [2.75, 3.05) is 11.1 Å². The lowest BCUT2D eigenvalue weighted by Crippen LogP contribution is -2.07. The van der Waals surface area contributed by atoms with Gasteiger partial charge in [-0.15, -0.1) is 10.2 Å². The number of nitrogens with one attached hydrogen (secondary N) is 1. The lowest BCUT2D eigenvalue weighted by molar-refractivity contribution is 0.687. The number of pyridine rings is 1. The summed E-state index contributed by atoms with van der Waals surface area (Å²) in [4.78, 5) is 17.0. The molecule has 0 atom stereocenters. The van der Waals surface area contributed by atoms with Crippen LogP contribution >= 0.6 is 11.8 Å². The molecule has 3 N–H and O–H groups in total. The van der Waals surface area contributed by atoms with Gasteiger partial charge >= 0.3 is 0 Å². The molecule has 3 aromatic heterocycles. The molecule has 0 spiro atoms. The average molecular weight is 420 g/mol. The second-order valence-electron chi connectivity index (χ2n) is 6.45. The van der Waals surface area contributed by atoms with Gasteiger partial charge in [-0.3, -0.25) is 4.98 Å². The van der Waals surface area contributed by atoms with Gasteiger partial charge in [0.05, 0.1) is 5.75 Å². The summed E-state index contributed by atoms with van der Waals surface area (Å²) in [5.41, 5.74) is 8.89. The van der Waals surface area contributed by atoms with E-state index in [2.05, 4.69) is 46.9 Å². The molecule has 0 fully saturated rings. The zero-order valence-corrected chi connectivity index (χ0v) is 17.5. The van der Waals surface area contributed by atoms with Gasteiger partial charge in [-0.25, -0.2) is 0 Å². The fourth-order valence-electron chi connectivity index (χ4n) is 2.92. The topological polar surface area (TPSA) is 120 Å². The largest absolute Gasteiger partial charge is 0.368 e. The molecule has 0 aliphatic rings. The van der Waals surface area contributed by atoms with Crippen LogP contribution in [0.2, 0.25) is 0 Å². The molecule has 10 heteroatoms. The van der Waals surface area contributed by atoms with E-state index in [1.165, 1.54) is 11.8 Å². The van der Waals surface area contributed by atoms with Crippen LogP contribution in [-0.2, 0) is 12.3 Å². The molecule has 4 aromatic rings. The summed E-state index contributed by atoms with van der Waals surface area (Å²) in [6, 6.07) is 11.8. The van der Waals surface area contributed by atoms with Crippen LogP contribution in [-0.4, -0.2) is 34.7 Å². The first kappa shape index (κ1) is 19.8. The molecule has 0 amide bonds. The summed E-state index contributed by atoms with van der Waals surface area (Å²) in [6.07, 6.45) is 3.49. The highest BCUT2D eigenvalue weighted by atomic mass is 32.2. The number of thioether (sulfide) groups is 1. The SMILES string of the molecule is CCn1c(SCc2nc(N)nc(Nc3ccccc3C)n2)nnc1-c1ccncc1. The first-order chi connectivity index (χ1) is 14.6. The number of hydrogen-bond acceptors (Lipinski definition) is 9. The number of aryl methyl sites for hydroxylation is 1. The highest BCUT2D eigenvalue weighted by Gasteiger charge is 2.14. The Bertz CT molecular complexity index is 1140. The van der Waals surface area contributed by atoms with Gasteiger partial charge in [-0.2, -0.15) is 15.0 Å². The van der Waals surface area contributed by atoms with Gasteiger partial charge in [0.2, 0.25) is 11.9 Å². The van der Waals surface area contributed by atoms with Gasteiger partial charge in [-0.05, 0) is 37.6 Å². The third-order valence-electron chi connectivity index (χ3n) is 4.39. The molecule has 9 nitrogen and oxygen atoms in total. The maximum Gasteiger partial charge on any atom is 0.232 e. The van der Waals surface area contributed by atoms with Gasteiger partial charge < -0.3 is 15.6 Å². The smallest absolute Gasteiger partial charge is 0.232 e. The Labute approximate surface area is 178 Å². The first-order valence-corrected chi connectivity index (χ1v) is 10.4. The number of nitrogen functional groups attached to an aromatic ring is 1. The highest BCUT2D eigenvalue weighted by Crippen LogP contribution is 2.26. The molecule has 152 valence electrons. The minimum atomic E-state index is 0.172. The van der Waals surface area contributed by atoms with Crippen LogP contribution in [0.3, 0.4) is 0 Å². The lowest BCUT2D eigenvalue weighted by Gasteiger charge is -2.10. The van der Waals surface area contributed by atoms with Crippen molar-refractivity contribution >= 4 is 29.3 Å². The van der Waals surface area contributed by atoms with Crippen LogP contribution in [0.25, 0.3) is 11.4 Å². The second kappa shape index (κ2) is 8.87. The van der Waals surface area contributed by atoms with Gasteiger partial charge in [0.1, 0.15) is 5.82 Å². The molecular weight excluding hydrogens is 398 g/mol. The molecule has 0 saturated carbocycles. The Morgan fingerprint density at radius 2 is 1.83 bits per heavy atom. The molecule has 1 aromatic carbocycles. The van der Waals surface area contributed by atoms with Crippen LogP contribution in [0.1, 0.15) is 18.3 Å². The van der Waals surface area contributed by atoms with Gasteiger partial charge in [0.25, 0.3) is 0 Å². The number of para-hydroxylation sites is 1. The standard InChI is InChI=1S/C20H21N9S/c1-3-29-17(14-8-10-22-11-9-14)27-28-20(29)30-12-16-24-18(21)26-19(25-16)23-15-7-5-4-6-13(15)2/h4-11H,3,12H2,1-2H3,(H3,21,23,24,25,26). The summed E-state index contributed by atoms with van der Waals surface area (Å²) in [7, 11) is 0. The Kier molecular flexibility index (Phi) is 5.84. The van der Waals surface area contributed by atoms with Crippen LogP contribution in [0.4, 0.5) is 17.6 Å². The molecule has 4 rings (SSSR count). The number of nitrogens with two attached hydrogens (primary N) is 1. The fraction of sp³-hybridized carbons (Fsp3) is 0.200. The van der Waals surface area contributed by atoms with E-state index in [0.29, 0.717) is 17.5 Å². The van der Waals surface area contributed by atoms with E-state index in [0.717, 1.165) is 34.3 Å². The zero-order chi connectivity index (χ0) is 20.9. The van der Waals surface area contributed by atoms with E-state index >= 15 is 0 Å². The van der Waals surface area contributed by atoms with Gasteiger partial charge in [-0.1, -0.05) is 30.0 Å². The fourth-order valence-corrected chi connectivity index (χ4v) is 3.77. The minimum absolute atomic E-state index is 0.172. The van der Waals surface area contributed by atoms with Crippen molar-refractivity contribution in [1.82, 2.24) is 34.7 Å². The Morgan fingerprint density at radius 3 is 2.60 bits per heavy atom. The monoisotopic (exact) mass is 419 g/mol. The molecule has 0 unspecified atom stereocenters. The zero-order valence-electron chi connectivity index (χ0n) is 16.6. The lowest BCUT2D eigenvalue weighted by atomic mass is 10.2. The summed E-state index contributed by atoms with van der Waals surface area (Å²) in [5, 5.41) is 12.7. The van der Waals surface area contributed by atoms with Crippen molar-refractivity contribution in [3.8, 4) is 11.4 Å². The summed E-state index contributed by atoms with van der Waals surface area (Å²) in [5.74, 6) is 2.45. The molecule has 0 aliphatic heterocycles. The van der Waals surface area contributed by atoms with E-state index in [1.54, 1.807) is 12.4 Å². The molecule has 30 heavy (non-hydrogen) atoms. The maximum absolute atomic E-state index is 5.91. The Morgan fingerprint density at radius 1 is 1.03 bits per heavy atom. The van der Waals surface area contributed by atoms with Gasteiger partial charge in [0.15, 0.2) is 11.0 Å². The van der Waals surface area contributed by atoms with Crippen molar-refractivity contribution in [2.45, 2.75) is 31.3 Å². The second-order valence-corrected chi connectivity index (χ2v) is 7.39. The van der Waals surface area contributed by atoms with E-state index in [-0.39, 0.29) is 5.95 Å². The summed E-state index contributed by atoms with van der Waals surface area (Å²) < 4.78 is 2.05. The Balaban J connectivity index is 1.52. The van der Waals surface area contributed by atoms with Crippen LogP contribution < -0.4 is 11.1 Å². The van der Waals surface area contributed by atoms with Crippen LogP contribution in [0.5, 0.6) is 0 Å². The van der Waals surface area contributed by atoms with Gasteiger partial charge in [0, 0.05) is 30.2 Å². The predicted molar refractivity (Wildman–Crippen MR) is 117 cm³/mol. The summed E-state index contributed by atoms with van der Waals surface area (Å²) in [6.45, 7) is 4.82. The highest BCUT2D eigenvalue weighted by molar-refractivity contribution is 7.98. The molecule has 0 radical (unpaired) electrons. The molecule has 3 heterocycles. The molecule has 0 aliphatic carbocycles. The van der Waals surface area contributed by atoms with Crippen molar-refractivity contribution < 1.29 is 0 Å². The van der Waals surface area contributed by atoms with E-state index < -0.39 is 0 Å². The molecule has 0 bridgehead atoms. The Hall–Kier alpha value is -3.53. The quantitative estimate of drug-likeness (QED) is 0.434. The van der Waals surface area contributed by atoms with E-state index in [4.69, 9.17) is 5.73 Å². The number of nitrogens with zero attached hydrogens (tertiary/aromatic N) is 7.